The highest BCUT2D eigenvalue weighted by atomic mass is 35.5. The molecule has 0 aliphatic carbocycles. The predicted octanol–water partition coefficient (Wildman–Crippen LogP) is 4.90. The van der Waals surface area contributed by atoms with Crippen LogP contribution in [0.25, 0.3) is 0 Å². The lowest BCUT2D eigenvalue weighted by molar-refractivity contribution is 0.211. The normalized spacial score (nSPS) is 12.1. The van der Waals surface area contributed by atoms with E-state index < -0.39 is 0 Å². The number of nitrogens with zero attached hydrogens (tertiary/aromatic N) is 3. The van der Waals surface area contributed by atoms with Gasteiger partial charge in [-0.2, -0.15) is 0 Å². The van der Waals surface area contributed by atoms with Gasteiger partial charge in [0.15, 0.2) is 17.1 Å². The number of aromatic nitrogens is 3. The molecule has 2 aromatic carbocycles. The molecule has 3 rings (SSSR count). The number of para-hydroxylation sites is 1. The fourth-order valence-electron chi connectivity index (χ4n) is 2.32. The first kappa shape index (κ1) is 16.9. The average Bonchev–Trinajstić information content (AvgIpc) is 2.96. The molecule has 1 aromatic heterocycles. The molecule has 1 heterocycles. The summed E-state index contributed by atoms with van der Waals surface area (Å²) < 4.78 is 7.89. The average molecular weight is 360 g/mol. The van der Waals surface area contributed by atoms with Crippen molar-refractivity contribution in [3.63, 3.8) is 0 Å². The van der Waals surface area contributed by atoms with Gasteiger partial charge in [-0.25, -0.2) is 0 Å². The molecule has 24 heavy (non-hydrogen) atoms. The van der Waals surface area contributed by atoms with Gasteiger partial charge in [0.2, 0.25) is 0 Å². The summed E-state index contributed by atoms with van der Waals surface area (Å²) in [6.45, 7) is 1.97. The van der Waals surface area contributed by atoms with Crippen LogP contribution in [-0.2, 0) is 12.8 Å². The van der Waals surface area contributed by atoms with E-state index in [1.807, 2.05) is 73.1 Å². The van der Waals surface area contributed by atoms with Crippen LogP contribution in [0.4, 0.5) is 0 Å². The molecular weight excluding hydrogens is 342 g/mol. The smallest absolute Gasteiger partial charge is 0.191 e. The van der Waals surface area contributed by atoms with Gasteiger partial charge in [-0.1, -0.05) is 59.8 Å². The minimum Gasteiger partial charge on any atom is -0.483 e. The molecule has 0 amide bonds. The zero-order chi connectivity index (χ0) is 16.9. The van der Waals surface area contributed by atoms with Crippen molar-refractivity contribution < 1.29 is 4.74 Å². The Morgan fingerprint density at radius 3 is 2.54 bits per heavy atom. The maximum Gasteiger partial charge on any atom is 0.191 e. The first-order valence-electron chi connectivity index (χ1n) is 7.62. The van der Waals surface area contributed by atoms with Gasteiger partial charge < -0.3 is 9.30 Å². The number of rotatable bonds is 6. The Labute approximate surface area is 150 Å². The van der Waals surface area contributed by atoms with Crippen LogP contribution in [0.3, 0.4) is 0 Å². The van der Waals surface area contributed by atoms with E-state index in [9.17, 15) is 0 Å². The summed E-state index contributed by atoms with van der Waals surface area (Å²) in [7, 11) is 1.95. The van der Waals surface area contributed by atoms with Gasteiger partial charge in [-0.3, -0.25) is 0 Å². The van der Waals surface area contributed by atoms with Crippen molar-refractivity contribution in [2.24, 2.45) is 7.05 Å². The van der Waals surface area contributed by atoms with E-state index in [0.717, 1.165) is 33.1 Å². The lowest BCUT2D eigenvalue weighted by Gasteiger charge is -2.14. The summed E-state index contributed by atoms with van der Waals surface area (Å²) in [4.78, 5) is 0. The van der Waals surface area contributed by atoms with Crippen molar-refractivity contribution in [3.8, 4) is 5.75 Å². The van der Waals surface area contributed by atoms with Gasteiger partial charge in [-0.15, -0.1) is 10.2 Å². The number of benzene rings is 2. The van der Waals surface area contributed by atoms with Crippen molar-refractivity contribution >= 4 is 23.4 Å². The van der Waals surface area contributed by atoms with E-state index >= 15 is 0 Å². The van der Waals surface area contributed by atoms with Crippen LogP contribution in [0.5, 0.6) is 5.75 Å². The molecule has 0 saturated heterocycles. The Balaban J connectivity index is 1.68. The Kier molecular flexibility index (Phi) is 5.43. The highest BCUT2D eigenvalue weighted by molar-refractivity contribution is 7.98. The number of halogens is 1. The van der Waals surface area contributed by atoms with Crippen LogP contribution < -0.4 is 4.74 Å². The molecular formula is C18H18ClN3OS. The molecule has 1 atom stereocenters. The Bertz CT molecular complexity index is 807. The van der Waals surface area contributed by atoms with Crippen LogP contribution in [0, 0.1) is 0 Å². The van der Waals surface area contributed by atoms with Crippen molar-refractivity contribution in [3.05, 3.63) is 71.0 Å². The second-order valence-corrected chi connectivity index (χ2v) is 6.70. The largest absolute Gasteiger partial charge is 0.483 e. The monoisotopic (exact) mass is 359 g/mol. The third kappa shape index (κ3) is 3.91. The fourth-order valence-corrected chi connectivity index (χ4v) is 3.52. The third-order valence-corrected chi connectivity index (χ3v) is 5.04. The minimum atomic E-state index is -0.181. The Morgan fingerprint density at radius 1 is 1.08 bits per heavy atom. The Morgan fingerprint density at radius 2 is 1.79 bits per heavy atom. The molecule has 0 N–H and O–H groups in total. The van der Waals surface area contributed by atoms with Crippen molar-refractivity contribution in [1.82, 2.24) is 14.8 Å². The van der Waals surface area contributed by atoms with Gasteiger partial charge in [0.05, 0.1) is 0 Å². The first-order chi connectivity index (χ1) is 11.6. The van der Waals surface area contributed by atoms with Gasteiger partial charge >= 0.3 is 0 Å². The molecule has 0 aliphatic rings. The number of hydrogen-bond acceptors (Lipinski definition) is 4. The van der Waals surface area contributed by atoms with Crippen molar-refractivity contribution in [2.75, 3.05) is 0 Å². The zero-order valence-corrected chi connectivity index (χ0v) is 15.1. The molecule has 6 heteroatoms. The van der Waals surface area contributed by atoms with Crippen LogP contribution in [-0.4, -0.2) is 14.8 Å². The van der Waals surface area contributed by atoms with E-state index in [0.29, 0.717) is 0 Å². The summed E-state index contributed by atoms with van der Waals surface area (Å²) >= 11 is 7.81. The number of hydrogen-bond donors (Lipinski definition) is 0. The first-order valence-corrected chi connectivity index (χ1v) is 8.98. The van der Waals surface area contributed by atoms with E-state index in [1.54, 1.807) is 11.8 Å². The van der Waals surface area contributed by atoms with Crippen molar-refractivity contribution in [2.45, 2.75) is 23.9 Å². The standard InChI is InChI=1S/C18H18ClN3OS/c1-13(23-15-9-4-3-5-10-15)17-20-21-18(22(17)2)24-12-14-8-6-7-11-16(14)19/h3-11,13H,12H2,1-2H3/t13-/m0/s1. The summed E-state index contributed by atoms with van der Waals surface area (Å²) in [5.41, 5.74) is 1.09. The van der Waals surface area contributed by atoms with Crippen LogP contribution in [0.15, 0.2) is 59.8 Å². The van der Waals surface area contributed by atoms with E-state index in [-0.39, 0.29) is 6.10 Å². The van der Waals surface area contributed by atoms with Crippen molar-refractivity contribution in [1.29, 1.82) is 0 Å². The van der Waals surface area contributed by atoms with Crippen LogP contribution >= 0.6 is 23.4 Å². The number of thioether (sulfide) groups is 1. The lowest BCUT2D eigenvalue weighted by atomic mass is 10.2. The van der Waals surface area contributed by atoms with Gasteiger partial charge in [-0.05, 0) is 30.7 Å². The second-order valence-electron chi connectivity index (χ2n) is 5.35. The molecule has 0 bridgehead atoms. The second kappa shape index (κ2) is 7.73. The maximum atomic E-state index is 6.20. The molecule has 124 valence electrons. The fraction of sp³-hybridized carbons (Fsp3) is 0.222. The molecule has 0 radical (unpaired) electrons. The van der Waals surface area contributed by atoms with E-state index in [4.69, 9.17) is 16.3 Å². The van der Waals surface area contributed by atoms with E-state index in [1.165, 1.54) is 0 Å². The summed E-state index contributed by atoms with van der Waals surface area (Å²) in [6.07, 6.45) is -0.181. The molecule has 4 nitrogen and oxygen atoms in total. The molecule has 0 fully saturated rings. The van der Waals surface area contributed by atoms with Gasteiger partial charge in [0.25, 0.3) is 0 Å². The number of ether oxygens (including phenoxy) is 1. The molecule has 0 unspecified atom stereocenters. The quantitative estimate of drug-likeness (QED) is 0.587. The highest BCUT2D eigenvalue weighted by Gasteiger charge is 2.17. The third-order valence-electron chi connectivity index (χ3n) is 3.60. The molecule has 0 aliphatic heterocycles. The van der Waals surface area contributed by atoms with Gasteiger partial charge in [0, 0.05) is 17.8 Å². The summed E-state index contributed by atoms with van der Waals surface area (Å²) in [5, 5.41) is 10.2. The lowest BCUT2D eigenvalue weighted by Crippen LogP contribution is -2.10. The molecule has 3 aromatic rings. The molecule has 0 saturated carbocycles. The molecule has 0 spiro atoms. The SMILES string of the molecule is C[C@H](Oc1ccccc1)c1nnc(SCc2ccccc2Cl)n1C. The van der Waals surface area contributed by atoms with E-state index in [2.05, 4.69) is 10.2 Å². The summed E-state index contributed by atoms with van der Waals surface area (Å²) in [6, 6.07) is 17.6. The minimum absolute atomic E-state index is 0.181. The topological polar surface area (TPSA) is 39.9 Å². The predicted molar refractivity (Wildman–Crippen MR) is 97.5 cm³/mol. The van der Waals surface area contributed by atoms with Gasteiger partial charge in [0.1, 0.15) is 5.75 Å². The highest BCUT2D eigenvalue weighted by Crippen LogP contribution is 2.27. The Hall–Kier alpha value is -1.98. The maximum absolute atomic E-state index is 6.20. The zero-order valence-electron chi connectivity index (χ0n) is 13.5. The van der Waals surface area contributed by atoms with Crippen LogP contribution in [0.1, 0.15) is 24.4 Å². The van der Waals surface area contributed by atoms with Crippen LogP contribution in [0.2, 0.25) is 5.02 Å². The summed E-state index contributed by atoms with van der Waals surface area (Å²) in [5.74, 6) is 2.36.